The van der Waals surface area contributed by atoms with Crippen molar-refractivity contribution in [2.45, 2.75) is 63.3 Å². The molecule has 2 saturated heterocycles. The van der Waals surface area contributed by atoms with Crippen molar-refractivity contribution in [2.24, 2.45) is 5.41 Å². The largest absolute Gasteiger partial charge is 0.460 e. The van der Waals surface area contributed by atoms with Gasteiger partial charge in [0.2, 0.25) is 5.60 Å². The van der Waals surface area contributed by atoms with Gasteiger partial charge in [-0.3, -0.25) is 4.90 Å². The van der Waals surface area contributed by atoms with Gasteiger partial charge in [0, 0.05) is 18.5 Å². The molecule has 8 heteroatoms. The number of carbonyl (C=O) groups excluding carboxylic acids is 1. The fraction of sp³-hybridized carbons (Fsp3) is 0.571. The average Bonchev–Trinajstić information content (AvgIpc) is 3.33. The minimum Gasteiger partial charge on any atom is -0.460 e. The Labute approximate surface area is 186 Å². The highest BCUT2D eigenvalue weighted by atomic mass is 35.5. The van der Waals surface area contributed by atoms with Gasteiger partial charge in [-0.05, 0) is 54.6 Å². The molecule has 2 aromatic rings. The molecule has 0 spiro atoms. The fourth-order valence-electron chi connectivity index (χ4n) is 4.76. The Morgan fingerprint density at radius 1 is 1.21 bits per heavy atom. The van der Waals surface area contributed by atoms with Crippen LogP contribution in [0.15, 0.2) is 35.0 Å². The number of halogens is 1. The van der Waals surface area contributed by atoms with E-state index in [-0.39, 0.29) is 29.4 Å². The minimum absolute atomic E-state index is 0. The van der Waals surface area contributed by atoms with Crippen LogP contribution in [0.2, 0.25) is 0 Å². The molecular formula is C21H30ClNO4S2. The predicted octanol–water partition coefficient (Wildman–Crippen LogP) is 3.84. The number of hydrogen-bond donors (Lipinski definition) is 1. The van der Waals surface area contributed by atoms with Gasteiger partial charge in [0.25, 0.3) is 0 Å². The molecule has 4 heterocycles. The van der Waals surface area contributed by atoms with Crippen LogP contribution in [-0.4, -0.2) is 46.7 Å². The Morgan fingerprint density at radius 2 is 1.79 bits per heavy atom. The average molecular weight is 460 g/mol. The molecule has 162 valence electrons. The molecule has 2 aromatic heterocycles. The molecule has 0 radical (unpaired) electrons. The Bertz CT molecular complexity index is 759. The summed E-state index contributed by atoms with van der Waals surface area (Å²) in [6.07, 6.45) is 3.88. The Kier molecular flexibility index (Phi) is 7.58. The summed E-state index contributed by atoms with van der Waals surface area (Å²) >= 11 is 2.77. The lowest BCUT2D eigenvalue weighted by Crippen LogP contribution is -2.59. The Balaban J connectivity index is 0.00000150. The number of piperidine rings is 2. The second kappa shape index (κ2) is 9.04. The molecule has 0 aliphatic carbocycles. The van der Waals surface area contributed by atoms with E-state index in [4.69, 9.17) is 4.74 Å². The highest BCUT2D eigenvalue weighted by molar-refractivity contribution is 7.12. The van der Waals surface area contributed by atoms with Gasteiger partial charge in [-0.15, -0.1) is 35.1 Å². The van der Waals surface area contributed by atoms with E-state index >= 15 is 0 Å². The molecule has 5 nitrogen and oxygen atoms in total. The first kappa shape index (κ1) is 24.3. The van der Waals surface area contributed by atoms with E-state index in [9.17, 15) is 9.90 Å². The normalized spacial score (nSPS) is 26.1. The molecule has 3 N–H and O–H groups in total. The van der Waals surface area contributed by atoms with Crippen LogP contribution < -0.4 is 0 Å². The van der Waals surface area contributed by atoms with Crippen molar-refractivity contribution in [3.05, 3.63) is 44.8 Å². The van der Waals surface area contributed by atoms with E-state index in [2.05, 4.69) is 25.8 Å². The van der Waals surface area contributed by atoms with Crippen molar-refractivity contribution in [2.75, 3.05) is 7.05 Å². The van der Waals surface area contributed by atoms with Crippen LogP contribution in [0, 0.1) is 5.41 Å². The topological polar surface area (TPSA) is 81.3 Å². The molecule has 2 bridgehead atoms. The number of carbonyl (C=O) groups is 1. The monoisotopic (exact) mass is 459 g/mol. The highest BCUT2D eigenvalue weighted by Crippen LogP contribution is 2.45. The lowest BCUT2D eigenvalue weighted by atomic mass is 9.68. The summed E-state index contributed by atoms with van der Waals surface area (Å²) in [6, 6.07) is 8.17. The van der Waals surface area contributed by atoms with E-state index in [0.29, 0.717) is 21.8 Å². The fourth-order valence-corrected chi connectivity index (χ4v) is 6.47. The van der Waals surface area contributed by atoms with Gasteiger partial charge < -0.3 is 15.3 Å². The first-order valence-corrected chi connectivity index (χ1v) is 11.3. The lowest BCUT2D eigenvalue weighted by molar-refractivity contribution is -0.175. The van der Waals surface area contributed by atoms with Crippen molar-refractivity contribution in [1.82, 2.24) is 4.90 Å². The number of rotatable bonds is 4. The van der Waals surface area contributed by atoms with Gasteiger partial charge in [-0.1, -0.05) is 26.0 Å². The predicted molar refractivity (Wildman–Crippen MR) is 120 cm³/mol. The summed E-state index contributed by atoms with van der Waals surface area (Å²) in [5.41, 5.74) is -1.50. The van der Waals surface area contributed by atoms with E-state index < -0.39 is 11.6 Å². The van der Waals surface area contributed by atoms with Gasteiger partial charge in [0.15, 0.2) is 0 Å². The molecule has 0 aromatic carbocycles. The zero-order chi connectivity index (χ0) is 19.2. The molecule has 4 rings (SSSR count). The van der Waals surface area contributed by atoms with Crippen LogP contribution in [0.3, 0.4) is 0 Å². The third-order valence-electron chi connectivity index (χ3n) is 6.44. The smallest absolute Gasteiger partial charge is 0.349 e. The van der Waals surface area contributed by atoms with Crippen molar-refractivity contribution < 1.29 is 20.1 Å². The second-order valence-corrected chi connectivity index (χ2v) is 10.4. The Morgan fingerprint density at radius 3 is 2.31 bits per heavy atom. The van der Waals surface area contributed by atoms with Gasteiger partial charge in [-0.25, -0.2) is 4.79 Å². The summed E-state index contributed by atoms with van der Waals surface area (Å²) in [7, 11) is 2.20. The first-order chi connectivity index (χ1) is 12.8. The standard InChI is InChI=1S/C21H27NO3S2.ClH.H2O/c1-20(2)9-8-14-12-15(13-16(20)22(14)3)25-19(23)21(24,17-6-4-10-26-17)18-7-5-11-27-18;;/h4-7,10-11,14-16,24H,8-9,12-13H2,1-3H3;1H;1H2. The van der Waals surface area contributed by atoms with E-state index in [0.717, 1.165) is 19.3 Å². The SMILES string of the molecule is CN1C2CCC(C)(C)C1CC(OC(=O)C(O)(c1cccs1)c1cccs1)C2.Cl.O. The Hall–Kier alpha value is -0.960. The third-order valence-corrected chi connectivity index (χ3v) is 8.39. The molecule has 2 aliphatic rings. The van der Waals surface area contributed by atoms with E-state index in [1.807, 2.05) is 22.9 Å². The quantitative estimate of drug-likeness (QED) is 0.704. The van der Waals surface area contributed by atoms with Crippen LogP contribution in [0.5, 0.6) is 0 Å². The molecular weight excluding hydrogens is 430 g/mol. The first-order valence-electron chi connectivity index (χ1n) is 9.55. The number of ether oxygens (including phenoxy) is 1. The summed E-state index contributed by atoms with van der Waals surface area (Å²) < 4.78 is 5.98. The van der Waals surface area contributed by atoms with Gasteiger partial charge in [0.05, 0.1) is 9.75 Å². The van der Waals surface area contributed by atoms with Crippen molar-refractivity contribution >= 4 is 41.0 Å². The maximum atomic E-state index is 13.2. The number of thiophene rings is 2. The van der Waals surface area contributed by atoms with Crippen molar-refractivity contribution in [3.8, 4) is 0 Å². The lowest BCUT2D eigenvalue weighted by Gasteiger charge is -2.54. The van der Waals surface area contributed by atoms with Crippen LogP contribution in [-0.2, 0) is 15.1 Å². The van der Waals surface area contributed by atoms with Crippen LogP contribution in [0.25, 0.3) is 0 Å². The maximum absolute atomic E-state index is 13.2. The second-order valence-electron chi connectivity index (χ2n) is 8.53. The van der Waals surface area contributed by atoms with E-state index in [1.165, 1.54) is 29.1 Å². The molecule has 29 heavy (non-hydrogen) atoms. The zero-order valence-corrected chi connectivity index (χ0v) is 19.4. The van der Waals surface area contributed by atoms with Gasteiger partial charge in [0.1, 0.15) is 6.10 Å². The van der Waals surface area contributed by atoms with Crippen molar-refractivity contribution in [3.63, 3.8) is 0 Å². The van der Waals surface area contributed by atoms with E-state index in [1.54, 1.807) is 12.1 Å². The maximum Gasteiger partial charge on any atom is 0.349 e. The van der Waals surface area contributed by atoms with Gasteiger partial charge in [-0.2, -0.15) is 0 Å². The number of esters is 1. The third kappa shape index (κ3) is 4.27. The summed E-state index contributed by atoms with van der Waals surface area (Å²) in [5, 5.41) is 15.2. The highest BCUT2D eigenvalue weighted by Gasteiger charge is 2.49. The minimum atomic E-state index is -1.71. The molecule has 0 amide bonds. The van der Waals surface area contributed by atoms with Crippen molar-refractivity contribution in [1.29, 1.82) is 0 Å². The number of nitrogens with zero attached hydrogens (tertiary/aromatic N) is 1. The van der Waals surface area contributed by atoms with Crippen LogP contribution in [0.1, 0.15) is 49.3 Å². The van der Waals surface area contributed by atoms with Crippen LogP contribution in [0.4, 0.5) is 0 Å². The van der Waals surface area contributed by atoms with Gasteiger partial charge >= 0.3 is 5.97 Å². The number of fused-ring (bicyclic) bond motifs is 2. The molecule has 2 fully saturated rings. The molecule has 2 aliphatic heterocycles. The zero-order valence-electron chi connectivity index (χ0n) is 17.0. The number of aliphatic hydroxyl groups is 1. The summed E-state index contributed by atoms with van der Waals surface area (Å²) in [4.78, 5) is 16.9. The van der Waals surface area contributed by atoms with Crippen LogP contribution >= 0.6 is 35.1 Å². The summed E-state index contributed by atoms with van der Waals surface area (Å²) in [6.45, 7) is 4.62. The molecule has 3 atom stereocenters. The summed E-state index contributed by atoms with van der Waals surface area (Å²) in [5.74, 6) is -0.544. The molecule has 3 unspecified atom stereocenters. The number of hydrogen-bond acceptors (Lipinski definition) is 6. The molecule has 0 saturated carbocycles.